The molecule has 0 radical (unpaired) electrons. The van der Waals surface area contributed by atoms with E-state index in [2.05, 4.69) is 10.1 Å². The second kappa shape index (κ2) is 6.34. The van der Waals surface area contributed by atoms with Gasteiger partial charge >= 0.3 is 6.36 Å². The molecule has 2 rings (SSSR count). The van der Waals surface area contributed by atoms with Gasteiger partial charge in [-0.2, -0.15) is 0 Å². The molecule has 7 heteroatoms. The Kier molecular flexibility index (Phi) is 5.31. The third-order valence-electron chi connectivity index (χ3n) is 2.92. The summed E-state index contributed by atoms with van der Waals surface area (Å²) in [6, 6.07) is 3.46. The number of piperidine rings is 1. The summed E-state index contributed by atoms with van der Waals surface area (Å²) in [6.45, 7) is 0.800. The van der Waals surface area contributed by atoms with Crippen molar-refractivity contribution in [2.75, 3.05) is 6.54 Å². The highest BCUT2D eigenvalue weighted by atomic mass is 35.5. The topological polar surface area (TPSA) is 41.5 Å². The molecule has 0 amide bonds. The van der Waals surface area contributed by atoms with Gasteiger partial charge in [-0.1, -0.05) is 6.42 Å². The first kappa shape index (κ1) is 15.9. The van der Waals surface area contributed by atoms with Crippen LogP contribution in [0.5, 0.6) is 11.5 Å². The molecule has 2 N–H and O–H groups in total. The van der Waals surface area contributed by atoms with Crippen molar-refractivity contribution < 1.29 is 23.0 Å². The lowest BCUT2D eigenvalue weighted by Gasteiger charge is -2.25. The Labute approximate surface area is 115 Å². The van der Waals surface area contributed by atoms with E-state index in [0.29, 0.717) is 5.56 Å². The first-order valence-corrected chi connectivity index (χ1v) is 5.78. The third-order valence-corrected chi connectivity index (χ3v) is 2.92. The summed E-state index contributed by atoms with van der Waals surface area (Å²) in [4.78, 5) is 0. The molecule has 0 spiro atoms. The molecule has 0 bridgehead atoms. The molecule has 108 valence electrons. The summed E-state index contributed by atoms with van der Waals surface area (Å²) >= 11 is 0. The van der Waals surface area contributed by atoms with Crippen molar-refractivity contribution in [3.05, 3.63) is 23.8 Å². The van der Waals surface area contributed by atoms with E-state index in [1.165, 1.54) is 12.1 Å². The molecule has 1 aromatic carbocycles. The van der Waals surface area contributed by atoms with Gasteiger partial charge in [-0.3, -0.25) is 0 Å². The van der Waals surface area contributed by atoms with Crippen molar-refractivity contribution in [1.82, 2.24) is 5.32 Å². The number of halogens is 4. The first-order valence-electron chi connectivity index (χ1n) is 5.78. The zero-order valence-corrected chi connectivity index (χ0v) is 10.9. The van der Waals surface area contributed by atoms with Gasteiger partial charge in [0.15, 0.2) is 0 Å². The first-order chi connectivity index (χ1) is 8.46. The number of rotatable bonds is 2. The van der Waals surface area contributed by atoms with Crippen molar-refractivity contribution >= 4 is 12.4 Å². The lowest BCUT2D eigenvalue weighted by molar-refractivity contribution is -0.274. The fraction of sp³-hybridized carbons (Fsp3) is 0.500. The molecular weight excluding hydrogens is 283 g/mol. The number of aromatic hydroxyl groups is 1. The molecular formula is C12H15ClF3NO2. The summed E-state index contributed by atoms with van der Waals surface area (Å²) < 4.78 is 40.2. The van der Waals surface area contributed by atoms with Gasteiger partial charge in [0.05, 0.1) is 0 Å². The van der Waals surface area contributed by atoms with Gasteiger partial charge in [-0.25, -0.2) is 0 Å². The van der Waals surface area contributed by atoms with Crippen LogP contribution in [-0.2, 0) is 0 Å². The minimum atomic E-state index is -4.71. The highest BCUT2D eigenvalue weighted by Crippen LogP contribution is 2.34. The molecule has 0 aromatic heterocycles. The largest absolute Gasteiger partial charge is 0.573 e. The predicted octanol–water partition coefficient (Wildman–Crippen LogP) is 3.53. The van der Waals surface area contributed by atoms with Crippen LogP contribution in [0.15, 0.2) is 18.2 Å². The SMILES string of the molecule is Cl.Oc1ccc(OC(F)(F)F)cc1[C@H]1CCCCN1. The van der Waals surface area contributed by atoms with Crippen molar-refractivity contribution in [2.24, 2.45) is 0 Å². The highest BCUT2D eigenvalue weighted by molar-refractivity contribution is 5.85. The fourth-order valence-electron chi connectivity index (χ4n) is 2.13. The van der Waals surface area contributed by atoms with E-state index < -0.39 is 6.36 Å². The molecule has 3 nitrogen and oxygen atoms in total. The fourth-order valence-corrected chi connectivity index (χ4v) is 2.13. The van der Waals surface area contributed by atoms with Crippen molar-refractivity contribution in [2.45, 2.75) is 31.7 Å². The van der Waals surface area contributed by atoms with E-state index in [9.17, 15) is 18.3 Å². The summed E-state index contributed by atoms with van der Waals surface area (Å²) in [7, 11) is 0. The van der Waals surface area contributed by atoms with Gasteiger partial charge in [0, 0.05) is 11.6 Å². The van der Waals surface area contributed by atoms with Crippen molar-refractivity contribution in [3.8, 4) is 11.5 Å². The molecule has 0 aliphatic carbocycles. The average molecular weight is 298 g/mol. The molecule has 1 aliphatic rings. The maximum Gasteiger partial charge on any atom is 0.573 e. The maximum absolute atomic E-state index is 12.1. The Morgan fingerprint density at radius 2 is 2.00 bits per heavy atom. The van der Waals surface area contributed by atoms with Gasteiger partial charge in [0.25, 0.3) is 0 Å². The third kappa shape index (κ3) is 4.47. The number of ether oxygens (including phenoxy) is 1. The zero-order chi connectivity index (χ0) is 13.2. The van der Waals surface area contributed by atoms with E-state index in [4.69, 9.17) is 0 Å². The monoisotopic (exact) mass is 297 g/mol. The van der Waals surface area contributed by atoms with Crippen LogP contribution in [0.1, 0.15) is 30.9 Å². The number of alkyl halides is 3. The Hall–Kier alpha value is -1.14. The molecule has 1 fully saturated rings. The summed E-state index contributed by atoms with van der Waals surface area (Å²) in [5.41, 5.74) is 0.455. The van der Waals surface area contributed by atoms with Crippen LogP contribution in [0.2, 0.25) is 0 Å². The van der Waals surface area contributed by atoms with Crippen molar-refractivity contribution in [1.29, 1.82) is 0 Å². The summed E-state index contributed by atoms with van der Waals surface area (Å²) in [6.07, 6.45) is -1.89. The van der Waals surface area contributed by atoms with E-state index in [0.717, 1.165) is 31.9 Å². The number of benzene rings is 1. The van der Waals surface area contributed by atoms with Crippen LogP contribution in [0.4, 0.5) is 13.2 Å². The van der Waals surface area contributed by atoms with E-state index in [-0.39, 0.29) is 29.9 Å². The molecule has 1 heterocycles. The Morgan fingerprint density at radius 3 is 2.58 bits per heavy atom. The maximum atomic E-state index is 12.1. The lowest BCUT2D eigenvalue weighted by Crippen LogP contribution is -2.27. The number of hydrogen-bond acceptors (Lipinski definition) is 3. The summed E-state index contributed by atoms with van der Waals surface area (Å²) in [5, 5.41) is 12.9. The predicted molar refractivity (Wildman–Crippen MR) is 66.6 cm³/mol. The van der Waals surface area contributed by atoms with Gasteiger partial charge in [0.2, 0.25) is 0 Å². The Bertz CT molecular complexity index is 420. The second-order valence-corrected chi connectivity index (χ2v) is 4.27. The summed E-state index contributed by atoms with van der Waals surface area (Å²) in [5.74, 6) is -0.313. The van der Waals surface area contributed by atoms with E-state index in [1.807, 2.05) is 0 Å². The van der Waals surface area contributed by atoms with Crippen molar-refractivity contribution in [3.63, 3.8) is 0 Å². The Morgan fingerprint density at radius 1 is 1.26 bits per heavy atom. The highest BCUT2D eigenvalue weighted by Gasteiger charge is 2.31. The molecule has 1 aliphatic heterocycles. The average Bonchev–Trinajstić information content (AvgIpc) is 2.31. The zero-order valence-electron chi connectivity index (χ0n) is 10.0. The normalized spacial score (nSPS) is 19.6. The molecule has 1 aromatic rings. The lowest BCUT2D eigenvalue weighted by atomic mass is 9.96. The minimum absolute atomic E-state index is 0. The molecule has 1 saturated heterocycles. The molecule has 0 saturated carbocycles. The van der Waals surface area contributed by atoms with Crippen LogP contribution < -0.4 is 10.1 Å². The van der Waals surface area contributed by atoms with Crippen LogP contribution in [0, 0.1) is 0 Å². The number of phenols is 1. The van der Waals surface area contributed by atoms with E-state index >= 15 is 0 Å². The standard InChI is InChI=1S/C12H14F3NO2.ClH/c13-12(14,15)18-8-4-5-11(17)9(7-8)10-3-1-2-6-16-10;/h4-5,7,10,16-17H,1-3,6H2;1H/t10-;/m1./s1. The number of hydrogen-bond donors (Lipinski definition) is 2. The van der Waals surface area contributed by atoms with Gasteiger partial charge in [-0.05, 0) is 37.6 Å². The Balaban J connectivity index is 0.00000180. The number of phenolic OH excluding ortho intramolecular Hbond substituents is 1. The van der Waals surface area contributed by atoms with Gasteiger partial charge in [0.1, 0.15) is 11.5 Å². The molecule has 0 unspecified atom stereocenters. The minimum Gasteiger partial charge on any atom is -0.508 e. The molecule has 1 atom stereocenters. The van der Waals surface area contributed by atoms with Crippen LogP contribution in [0.3, 0.4) is 0 Å². The van der Waals surface area contributed by atoms with Crippen LogP contribution >= 0.6 is 12.4 Å². The number of nitrogens with one attached hydrogen (secondary N) is 1. The molecule has 19 heavy (non-hydrogen) atoms. The van der Waals surface area contributed by atoms with Gasteiger partial charge in [-0.15, -0.1) is 25.6 Å². The van der Waals surface area contributed by atoms with Crippen LogP contribution in [0.25, 0.3) is 0 Å². The van der Waals surface area contributed by atoms with Crippen LogP contribution in [-0.4, -0.2) is 18.0 Å². The second-order valence-electron chi connectivity index (χ2n) is 4.27. The smallest absolute Gasteiger partial charge is 0.508 e. The quantitative estimate of drug-likeness (QED) is 0.877. The van der Waals surface area contributed by atoms with E-state index in [1.54, 1.807) is 0 Å². The van der Waals surface area contributed by atoms with Gasteiger partial charge < -0.3 is 15.2 Å².